The van der Waals surface area contributed by atoms with Crippen molar-refractivity contribution >= 4 is 23.6 Å². The number of ether oxygens (including phenoxy) is 1. The number of rotatable bonds is 10. The lowest BCUT2D eigenvalue weighted by molar-refractivity contribution is -0.128. The number of carbonyl (C=O) groups excluding carboxylic acids is 1. The highest BCUT2D eigenvalue weighted by Crippen LogP contribution is 2.27. The van der Waals surface area contributed by atoms with Gasteiger partial charge in [-0.1, -0.05) is 69.6 Å². The molecule has 0 radical (unpaired) electrons. The van der Waals surface area contributed by atoms with Crippen LogP contribution < -0.4 is 5.32 Å². The Labute approximate surface area is 215 Å². The Hall–Kier alpha value is -2.67. The second-order valence-corrected chi connectivity index (χ2v) is 9.04. The summed E-state index contributed by atoms with van der Waals surface area (Å²) in [5.41, 5.74) is 3.98. The molecule has 2 N–H and O–H groups in total. The lowest BCUT2D eigenvalue weighted by Crippen LogP contribution is -2.25. The molecule has 0 saturated heterocycles. The molecule has 1 heterocycles. The van der Waals surface area contributed by atoms with E-state index in [-0.39, 0.29) is 6.61 Å². The monoisotopic (exact) mass is 501 g/mol. The second-order valence-electron chi connectivity index (χ2n) is 8.64. The van der Waals surface area contributed by atoms with Crippen LogP contribution in [0.25, 0.3) is 11.3 Å². The first kappa shape index (κ1) is 30.4. The molecule has 7 heteroatoms. The van der Waals surface area contributed by atoms with Crippen molar-refractivity contribution in [3.8, 4) is 11.3 Å². The molecule has 0 aliphatic rings. The van der Waals surface area contributed by atoms with Gasteiger partial charge in [0, 0.05) is 29.9 Å². The number of aromatic nitrogens is 2. The first-order chi connectivity index (χ1) is 16.8. The molecule has 35 heavy (non-hydrogen) atoms. The Morgan fingerprint density at radius 1 is 1.11 bits per heavy atom. The summed E-state index contributed by atoms with van der Waals surface area (Å²) in [4.78, 5) is 11.2. The van der Waals surface area contributed by atoms with Gasteiger partial charge in [0.1, 0.15) is 5.60 Å². The van der Waals surface area contributed by atoms with Gasteiger partial charge in [-0.3, -0.25) is 4.68 Å². The minimum atomic E-state index is -0.854. The van der Waals surface area contributed by atoms with Gasteiger partial charge in [-0.15, -0.1) is 0 Å². The fourth-order valence-corrected chi connectivity index (χ4v) is 3.28. The van der Waals surface area contributed by atoms with Crippen LogP contribution in [0.4, 0.5) is 5.69 Å². The molecule has 3 aromatic rings. The van der Waals surface area contributed by atoms with E-state index in [1.807, 2.05) is 54.9 Å². The molecule has 0 bridgehead atoms. The van der Waals surface area contributed by atoms with E-state index in [0.29, 0.717) is 17.5 Å². The van der Waals surface area contributed by atoms with Crippen molar-refractivity contribution in [3.63, 3.8) is 0 Å². The van der Waals surface area contributed by atoms with Crippen molar-refractivity contribution in [1.29, 1.82) is 0 Å². The molecule has 0 fully saturated rings. The number of hydrogen-bond acceptors (Lipinski definition) is 5. The number of aliphatic hydroxyl groups is 1. The van der Waals surface area contributed by atoms with Crippen molar-refractivity contribution in [2.45, 2.75) is 60.3 Å². The van der Waals surface area contributed by atoms with Crippen molar-refractivity contribution in [1.82, 2.24) is 9.78 Å². The van der Waals surface area contributed by atoms with Gasteiger partial charge in [-0.25, -0.2) is 0 Å². The molecule has 0 spiro atoms. The normalized spacial score (nSPS) is 10.7. The van der Waals surface area contributed by atoms with E-state index in [1.54, 1.807) is 13.8 Å². The molecule has 192 valence electrons. The summed E-state index contributed by atoms with van der Waals surface area (Å²) in [6.45, 7) is 13.5. The summed E-state index contributed by atoms with van der Waals surface area (Å²) in [5, 5.41) is 15.9. The fraction of sp³-hybridized carbons (Fsp3) is 0.429. The SMILES string of the molecule is CC.CC(C)CNc1cccc(-c2cc(COC(C)(C)C=O)nn2Cc2ccccc2Cl)c1.CO. The fourth-order valence-electron chi connectivity index (χ4n) is 3.09. The number of aliphatic hydroxyl groups excluding tert-OH is 1. The Balaban J connectivity index is 0.00000145. The summed E-state index contributed by atoms with van der Waals surface area (Å²) in [5.74, 6) is 0.555. The lowest BCUT2D eigenvalue weighted by Gasteiger charge is -2.16. The zero-order chi connectivity index (χ0) is 26.4. The van der Waals surface area contributed by atoms with E-state index >= 15 is 0 Å². The predicted molar refractivity (Wildman–Crippen MR) is 146 cm³/mol. The summed E-state index contributed by atoms with van der Waals surface area (Å²) >= 11 is 6.40. The maximum Gasteiger partial charge on any atom is 0.151 e. The van der Waals surface area contributed by atoms with Crippen LogP contribution in [0.3, 0.4) is 0 Å². The van der Waals surface area contributed by atoms with E-state index < -0.39 is 5.60 Å². The van der Waals surface area contributed by atoms with Crippen LogP contribution in [0.15, 0.2) is 54.6 Å². The molecule has 3 rings (SSSR count). The predicted octanol–water partition coefficient (Wildman–Crippen LogP) is 6.45. The van der Waals surface area contributed by atoms with Crippen molar-refractivity contribution in [2.24, 2.45) is 5.92 Å². The topological polar surface area (TPSA) is 76.4 Å². The standard InChI is InChI=1S/C25H30ClN3O2.C2H6.CH4O/c1-18(2)14-27-21-10-7-9-19(12-21)24-13-22(16-31-25(3,4)17-30)28-29(24)15-20-8-5-6-11-23(20)26;2*1-2/h5-13,17-18,27H,14-16H2,1-4H3;1-2H3;2H,1H3. The molecule has 6 nitrogen and oxygen atoms in total. The van der Waals surface area contributed by atoms with Crippen molar-refractivity contribution in [3.05, 3.63) is 70.9 Å². The number of carbonyl (C=O) groups is 1. The number of anilines is 1. The highest BCUT2D eigenvalue weighted by Gasteiger charge is 2.19. The van der Waals surface area contributed by atoms with Crippen LogP contribution in [0.1, 0.15) is 52.8 Å². The van der Waals surface area contributed by atoms with Gasteiger partial charge in [-0.2, -0.15) is 5.10 Å². The lowest BCUT2D eigenvalue weighted by atomic mass is 10.1. The highest BCUT2D eigenvalue weighted by molar-refractivity contribution is 6.31. The molecule has 0 aliphatic heterocycles. The Bertz CT molecular complexity index is 1030. The van der Waals surface area contributed by atoms with Crippen LogP contribution in [0.5, 0.6) is 0 Å². The summed E-state index contributed by atoms with van der Waals surface area (Å²) in [6, 6.07) is 18.1. The van der Waals surface area contributed by atoms with Gasteiger partial charge in [0.15, 0.2) is 6.29 Å². The van der Waals surface area contributed by atoms with Gasteiger partial charge in [-0.05, 0) is 49.6 Å². The molecular formula is C28H40ClN3O3. The van der Waals surface area contributed by atoms with E-state index in [1.165, 1.54) is 0 Å². The van der Waals surface area contributed by atoms with Crippen molar-refractivity contribution < 1.29 is 14.6 Å². The van der Waals surface area contributed by atoms with Gasteiger partial charge in [0.2, 0.25) is 0 Å². The second kappa shape index (κ2) is 15.4. The van der Waals surface area contributed by atoms with Crippen molar-refractivity contribution in [2.75, 3.05) is 19.0 Å². The smallest absolute Gasteiger partial charge is 0.151 e. The quantitative estimate of drug-likeness (QED) is 0.312. The number of halogens is 1. The van der Waals surface area contributed by atoms with Crippen LogP contribution in [-0.2, 0) is 22.7 Å². The Kier molecular flexibility index (Phi) is 13.3. The average molecular weight is 502 g/mol. The molecule has 2 aromatic carbocycles. The summed E-state index contributed by atoms with van der Waals surface area (Å²) in [7, 11) is 1.00. The third-order valence-corrected chi connectivity index (χ3v) is 5.23. The Morgan fingerprint density at radius 2 is 1.80 bits per heavy atom. The van der Waals surface area contributed by atoms with E-state index in [9.17, 15) is 4.79 Å². The Morgan fingerprint density at radius 3 is 2.43 bits per heavy atom. The number of nitrogens with one attached hydrogen (secondary N) is 1. The van der Waals surface area contributed by atoms with Gasteiger partial charge in [0.05, 0.1) is 24.5 Å². The van der Waals surface area contributed by atoms with E-state index in [2.05, 4.69) is 37.4 Å². The van der Waals surface area contributed by atoms with Gasteiger partial charge >= 0.3 is 0 Å². The number of nitrogens with zero attached hydrogens (tertiary/aromatic N) is 2. The zero-order valence-corrected chi connectivity index (χ0v) is 22.8. The molecule has 0 aliphatic carbocycles. The first-order valence-electron chi connectivity index (χ1n) is 12.0. The van der Waals surface area contributed by atoms with Crippen LogP contribution in [0.2, 0.25) is 5.02 Å². The van der Waals surface area contributed by atoms with Crippen LogP contribution >= 0.6 is 11.6 Å². The summed E-state index contributed by atoms with van der Waals surface area (Å²) < 4.78 is 7.69. The average Bonchev–Trinajstić information content (AvgIpc) is 3.28. The number of benzene rings is 2. The van der Waals surface area contributed by atoms with Gasteiger partial charge < -0.3 is 20.0 Å². The third kappa shape index (κ3) is 9.84. The molecule has 1 aromatic heterocycles. The number of aldehydes is 1. The molecular weight excluding hydrogens is 462 g/mol. The molecule has 0 saturated carbocycles. The zero-order valence-electron chi connectivity index (χ0n) is 22.0. The minimum absolute atomic E-state index is 0.250. The summed E-state index contributed by atoms with van der Waals surface area (Å²) in [6.07, 6.45) is 0.804. The largest absolute Gasteiger partial charge is 0.400 e. The first-order valence-corrected chi connectivity index (χ1v) is 12.3. The number of hydrogen-bond donors (Lipinski definition) is 2. The maximum atomic E-state index is 11.2. The van der Waals surface area contributed by atoms with E-state index in [0.717, 1.165) is 48.1 Å². The molecule has 0 amide bonds. The third-order valence-electron chi connectivity index (χ3n) is 4.86. The molecule has 0 atom stereocenters. The maximum absolute atomic E-state index is 11.2. The highest BCUT2D eigenvalue weighted by atomic mass is 35.5. The minimum Gasteiger partial charge on any atom is -0.400 e. The van der Waals surface area contributed by atoms with Crippen LogP contribution in [-0.4, -0.2) is 40.4 Å². The van der Waals surface area contributed by atoms with Crippen LogP contribution in [0, 0.1) is 5.92 Å². The van der Waals surface area contributed by atoms with E-state index in [4.69, 9.17) is 26.5 Å². The molecule has 0 unspecified atom stereocenters. The van der Waals surface area contributed by atoms with Gasteiger partial charge in [0.25, 0.3) is 0 Å².